The number of ketones is 1. The van der Waals surface area contributed by atoms with E-state index in [9.17, 15) is 9.18 Å². The molecule has 0 aromatic carbocycles. The fourth-order valence-electron chi connectivity index (χ4n) is 2.66. The molecule has 1 fully saturated rings. The van der Waals surface area contributed by atoms with Crippen LogP contribution in [0, 0.1) is 11.8 Å². The summed E-state index contributed by atoms with van der Waals surface area (Å²) in [5.41, 5.74) is -1.51. The summed E-state index contributed by atoms with van der Waals surface area (Å²) in [6, 6.07) is 0. The Morgan fingerprint density at radius 1 is 1.57 bits per heavy atom. The molecule has 1 saturated carbocycles. The summed E-state index contributed by atoms with van der Waals surface area (Å²) >= 11 is 0. The molecule has 14 heavy (non-hydrogen) atoms. The second kappa shape index (κ2) is 3.48. The van der Waals surface area contributed by atoms with Crippen LogP contribution in [0.1, 0.15) is 39.0 Å². The first-order valence-electron chi connectivity index (χ1n) is 5.57. The lowest BCUT2D eigenvalue weighted by molar-refractivity contribution is -0.132. The molecule has 0 aromatic rings. The van der Waals surface area contributed by atoms with E-state index in [4.69, 9.17) is 0 Å². The molecule has 0 aromatic heterocycles. The molecular formula is C12H17FO. The number of fused-ring (bicyclic) bond motifs is 2. The van der Waals surface area contributed by atoms with E-state index in [-0.39, 0.29) is 11.7 Å². The predicted octanol–water partition coefficient (Wildman–Crippen LogP) is 3.05. The number of allylic oxidation sites excluding steroid dienone is 2. The number of hydrogen-bond donors (Lipinski definition) is 0. The zero-order valence-electron chi connectivity index (χ0n) is 8.63. The number of unbranched alkanes of at least 4 members (excludes halogenated alkanes) is 1. The molecule has 0 heterocycles. The first kappa shape index (κ1) is 9.88. The lowest BCUT2D eigenvalue weighted by Gasteiger charge is -2.25. The second-order valence-electron chi connectivity index (χ2n) is 4.58. The third-order valence-corrected chi connectivity index (χ3v) is 3.54. The van der Waals surface area contributed by atoms with Gasteiger partial charge in [0.15, 0.2) is 11.5 Å². The zero-order chi connectivity index (χ0) is 10.2. The molecule has 2 aliphatic carbocycles. The second-order valence-corrected chi connectivity index (χ2v) is 4.58. The van der Waals surface area contributed by atoms with Crippen LogP contribution < -0.4 is 0 Å². The molecule has 2 bridgehead atoms. The van der Waals surface area contributed by atoms with Crippen molar-refractivity contribution in [2.75, 3.05) is 0 Å². The highest BCUT2D eigenvalue weighted by Gasteiger charge is 2.53. The summed E-state index contributed by atoms with van der Waals surface area (Å²) < 4.78 is 14.3. The van der Waals surface area contributed by atoms with Crippen LogP contribution in [0.3, 0.4) is 0 Å². The van der Waals surface area contributed by atoms with E-state index in [0.717, 1.165) is 19.3 Å². The quantitative estimate of drug-likeness (QED) is 0.631. The van der Waals surface area contributed by atoms with Gasteiger partial charge >= 0.3 is 0 Å². The summed E-state index contributed by atoms with van der Waals surface area (Å²) in [5.74, 6) is 0.0589. The molecule has 2 rings (SSSR count). The van der Waals surface area contributed by atoms with Gasteiger partial charge in [0.1, 0.15) is 0 Å². The van der Waals surface area contributed by atoms with Gasteiger partial charge in [-0.25, -0.2) is 4.39 Å². The first-order valence-corrected chi connectivity index (χ1v) is 5.57. The Hall–Kier alpha value is -0.660. The van der Waals surface area contributed by atoms with Crippen LogP contribution in [0.15, 0.2) is 12.2 Å². The summed E-state index contributed by atoms with van der Waals surface area (Å²) in [4.78, 5) is 11.7. The van der Waals surface area contributed by atoms with Crippen LogP contribution in [0.25, 0.3) is 0 Å². The van der Waals surface area contributed by atoms with E-state index >= 15 is 0 Å². The summed E-state index contributed by atoms with van der Waals surface area (Å²) in [6.45, 7) is 2.03. The monoisotopic (exact) mass is 196 g/mol. The Bertz CT molecular complexity index is 271. The Morgan fingerprint density at radius 3 is 2.86 bits per heavy atom. The van der Waals surface area contributed by atoms with Crippen molar-refractivity contribution < 1.29 is 9.18 Å². The van der Waals surface area contributed by atoms with E-state index in [1.807, 2.05) is 13.0 Å². The fraction of sp³-hybridized carbons (Fsp3) is 0.750. The SMILES string of the molecule is CCCCC(=O)[C@]1(F)C[C@H]2C=C[C@@H]1C2. The van der Waals surface area contributed by atoms with Crippen LogP contribution in [-0.2, 0) is 4.79 Å². The Morgan fingerprint density at radius 2 is 2.36 bits per heavy atom. The normalized spacial score (nSPS) is 39.3. The minimum Gasteiger partial charge on any atom is -0.296 e. The lowest BCUT2D eigenvalue weighted by atomic mass is 9.84. The number of alkyl halides is 1. The first-order chi connectivity index (χ1) is 6.66. The van der Waals surface area contributed by atoms with E-state index in [1.54, 1.807) is 0 Å². The Balaban J connectivity index is 2.03. The van der Waals surface area contributed by atoms with E-state index in [2.05, 4.69) is 6.08 Å². The predicted molar refractivity (Wildman–Crippen MR) is 53.7 cm³/mol. The maximum Gasteiger partial charge on any atom is 0.175 e. The third-order valence-electron chi connectivity index (χ3n) is 3.54. The van der Waals surface area contributed by atoms with Gasteiger partial charge in [0.05, 0.1) is 0 Å². The highest BCUT2D eigenvalue weighted by atomic mass is 19.1. The summed E-state index contributed by atoms with van der Waals surface area (Å²) in [6.07, 6.45) is 7.47. The van der Waals surface area contributed by atoms with Crippen molar-refractivity contribution in [3.8, 4) is 0 Å². The molecule has 0 saturated heterocycles. The van der Waals surface area contributed by atoms with E-state index in [1.165, 1.54) is 0 Å². The van der Waals surface area contributed by atoms with Gasteiger partial charge in [-0.1, -0.05) is 25.5 Å². The number of Topliss-reactive ketones (excluding diaryl/α,β-unsaturated/α-hetero) is 1. The van der Waals surface area contributed by atoms with Gasteiger partial charge in [-0.2, -0.15) is 0 Å². The van der Waals surface area contributed by atoms with Gasteiger partial charge in [-0.15, -0.1) is 0 Å². The summed E-state index contributed by atoms with van der Waals surface area (Å²) in [5, 5.41) is 0. The zero-order valence-corrected chi connectivity index (χ0v) is 8.63. The average molecular weight is 196 g/mol. The van der Waals surface area contributed by atoms with Crippen molar-refractivity contribution in [3.05, 3.63) is 12.2 Å². The largest absolute Gasteiger partial charge is 0.296 e. The van der Waals surface area contributed by atoms with Crippen LogP contribution in [0.2, 0.25) is 0 Å². The van der Waals surface area contributed by atoms with Crippen molar-refractivity contribution in [3.63, 3.8) is 0 Å². The van der Waals surface area contributed by atoms with Crippen molar-refractivity contribution >= 4 is 5.78 Å². The number of rotatable bonds is 4. The van der Waals surface area contributed by atoms with Crippen molar-refractivity contribution in [1.29, 1.82) is 0 Å². The van der Waals surface area contributed by atoms with Crippen molar-refractivity contribution in [2.45, 2.75) is 44.7 Å². The topological polar surface area (TPSA) is 17.1 Å². The van der Waals surface area contributed by atoms with Gasteiger partial charge in [0.25, 0.3) is 0 Å². The molecule has 0 unspecified atom stereocenters. The van der Waals surface area contributed by atoms with Crippen LogP contribution >= 0.6 is 0 Å². The molecule has 2 aliphatic rings. The van der Waals surface area contributed by atoms with Crippen molar-refractivity contribution in [1.82, 2.24) is 0 Å². The average Bonchev–Trinajstić information content (AvgIpc) is 2.73. The maximum absolute atomic E-state index is 14.3. The van der Waals surface area contributed by atoms with Gasteiger partial charge < -0.3 is 0 Å². The van der Waals surface area contributed by atoms with Crippen LogP contribution in [-0.4, -0.2) is 11.5 Å². The standard InChI is InChI=1S/C12H17FO/c1-2-3-4-11(14)12(13)8-9-5-6-10(12)7-9/h5-6,9-10H,2-4,7-8H2,1H3/t9-,10+,12-/m0/s1. The minimum absolute atomic E-state index is 0.114. The smallest absolute Gasteiger partial charge is 0.175 e. The lowest BCUT2D eigenvalue weighted by Crippen LogP contribution is -2.37. The van der Waals surface area contributed by atoms with Gasteiger partial charge in [0.2, 0.25) is 0 Å². The van der Waals surface area contributed by atoms with Crippen LogP contribution in [0.4, 0.5) is 4.39 Å². The molecule has 0 aliphatic heterocycles. The molecule has 0 amide bonds. The summed E-state index contributed by atoms with van der Waals surface area (Å²) in [7, 11) is 0. The molecule has 1 nitrogen and oxygen atoms in total. The molecule has 0 N–H and O–H groups in total. The molecule has 78 valence electrons. The third kappa shape index (κ3) is 1.41. The Labute approximate surface area is 84.4 Å². The Kier molecular flexibility index (Phi) is 2.46. The van der Waals surface area contributed by atoms with E-state index < -0.39 is 5.67 Å². The van der Waals surface area contributed by atoms with Crippen LogP contribution in [0.5, 0.6) is 0 Å². The number of carbonyl (C=O) groups excluding carboxylic acids is 1. The van der Waals surface area contributed by atoms with Gasteiger partial charge in [0, 0.05) is 12.3 Å². The molecular weight excluding hydrogens is 179 g/mol. The van der Waals surface area contributed by atoms with Gasteiger partial charge in [-0.05, 0) is 25.2 Å². The highest BCUT2D eigenvalue weighted by molar-refractivity contribution is 5.88. The molecule has 0 radical (unpaired) electrons. The molecule has 2 heteroatoms. The fourth-order valence-corrected chi connectivity index (χ4v) is 2.66. The van der Waals surface area contributed by atoms with E-state index in [0.29, 0.717) is 18.8 Å². The maximum atomic E-state index is 14.3. The van der Waals surface area contributed by atoms with Gasteiger partial charge in [-0.3, -0.25) is 4.79 Å². The molecule has 0 spiro atoms. The number of halogens is 1. The number of hydrogen-bond acceptors (Lipinski definition) is 1. The highest BCUT2D eigenvalue weighted by Crippen LogP contribution is 2.49. The van der Waals surface area contributed by atoms with Crippen molar-refractivity contribution in [2.24, 2.45) is 11.8 Å². The minimum atomic E-state index is -1.51. The number of carbonyl (C=O) groups is 1. The molecule has 3 atom stereocenters.